The molecule has 1 saturated carbocycles. The molecule has 1 aromatic heterocycles. The first-order chi connectivity index (χ1) is 13.3. The van der Waals surface area contributed by atoms with Gasteiger partial charge in [0.05, 0.1) is 4.88 Å². The molecule has 4 rings (SSSR count). The maximum atomic E-state index is 12.1. The quantitative estimate of drug-likeness (QED) is 0.531. The fraction of sp³-hybridized carbons (Fsp3) is 0.348. The SMILES string of the molecule is O=C(NCCc1cccc2ccc(SC3CCCCC3)cc12)c1cccs1. The van der Waals surface area contributed by atoms with Gasteiger partial charge < -0.3 is 5.32 Å². The zero-order chi connectivity index (χ0) is 18.5. The molecule has 0 unspecified atom stereocenters. The van der Waals surface area contributed by atoms with Crippen LogP contribution in [0.2, 0.25) is 0 Å². The van der Waals surface area contributed by atoms with Gasteiger partial charge in [0, 0.05) is 16.7 Å². The van der Waals surface area contributed by atoms with E-state index in [0.717, 1.165) is 16.5 Å². The molecule has 0 saturated heterocycles. The molecule has 0 atom stereocenters. The molecule has 1 amide bonds. The van der Waals surface area contributed by atoms with E-state index in [4.69, 9.17) is 0 Å². The lowest BCUT2D eigenvalue weighted by Crippen LogP contribution is -2.24. The Kier molecular flexibility index (Phi) is 6.15. The minimum Gasteiger partial charge on any atom is -0.351 e. The van der Waals surface area contributed by atoms with Gasteiger partial charge in [-0.15, -0.1) is 23.1 Å². The minimum absolute atomic E-state index is 0.0266. The third-order valence-corrected chi connectivity index (χ3v) is 7.42. The highest BCUT2D eigenvalue weighted by Crippen LogP contribution is 2.35. The van der Waals surface area contributed by atoms with Gasteiger partial charge in [0.25, 0.3) is 5.91 Å². The highest BCUT2D eigenvalue weighted by atomic mass is 32.2. The monoisotopic (exact) mass is 395 g/mol. The third kappa shape index (κ3) is 4.74. The van der Waals surface area contributed by atoms with Crippen molar-refractivity contribution in [2.75, 3.05) is 6.54 Å². The van der Waals surface area contributed by atoms with Gasteiger partial charge in [0.2, 0.25) is 0 Å². The molecular weight excluding hydrogens is 370 g/mol. The average molecular weight is 396 g/mol. The van der Waals surface area contributed by atoms with E-state index in [2.05, 4.69) is 41.7 Å². The lowest BCUT2D eigenvalue weighted by atomic mass is 10.0. The van der Waals surface area contributed by atoms with Gasteiger partial charge in [-0.2, -0.15) is 0 Å². The van der Waals surface area contributed by atoms with Gasteiger partial charge in [0.1, 0.15) is 0 Å². The zero-order valence-electron chi connectivity index (χ0n) is 15.4. The Morgan fingerprint density at radius 1 is 1.07 bits per heavy atom. The molecule has 27 heavy (non-hydrogen) atoms. The number of hydrogen-bond donors (Lipinski definition) is 1. The van der Waals surface area contributed by atoms with Crippen LogP contribution in [0, 0.1) is 0 Å². The fourth-order valence-electron chi connectivity index (χ4n) is 3.79. The molecule has 0 spiro atoms. The van der Waals surface area contributed by atoms with Crippen LogP contribution in [0.3, 0.4) is 0 Å². The number of hydrogen-bond acceptors (Lipinski definition) is 3. The predicted molar refractivity (Wildman–Crippen MR) is 117 cm³/mol. The highest BCUT2D eigenvalue weighted by Gasteiger charge is 2.15. The maximum Gasteiger partial charge on any atom is 0.261 e. The summed E-state index contributed by atoms with van der Waals surface area (Å²) in [5.41, 5.74) is 1.31. The largest absolute Gasteiger partial charge is 0.351 e. The summed E-state index contributed by atoms with van der Waals surface area (Å²) in [6.07, 6.45) is 7.70. The molecule has 4 heteroatoms. The van der Waals surface area contributed by atoms with Crippen molar-refractivity contribution in [1.29, 1.82) is 0 Å². The first-order valence-corrected chi connectivity index (χ1v) is 11.6. The van der Waals surface area contributed by atoms with Gasteiger partial charge in [-0.05, 0) is 59.2 Å². The Morgan fingerprint density at radius 3 is 2.78 bits per heavy atom. The molecule has 1 aliphatic carbocycles. The van der Waals surface area contributed by atoms with Crippen molar-refractivity contribution < 1.29 is 4.79 Å². The van der Waals surface area contributed by atoms with Crippen LogP contribution in [0.25, 0.3) is 10.8 Å². The number of rotatable bonds is 6. The summed E-state index contributed by atoms with van der Waals surface area (Å²) < 4.78 is 0. The van der Waals surface area contributed by atoms with Crippen molar-refractivity contribution in [1.82, 2.24) is 5.32 Å². The second-order valence-corrected chi connectivity index (χ2v) is 9.48. The van der Waals surface area contributed by atoms with Gasteiger partial charge in [-0.3, -0.25) is 4.79 Å². The number of benzene rings is 2. The predicted octanol–water partition coefficient (Wildman–Crippen LogP) is 6.30. The summed E-state index contributed by atoms with van der Waals surface area (Å²) in [5.74, 6) is 0.0266. The van der Waals surface area contributed by atoms with Gasteiger partial charge >= 0.3 is 0 Å². The lowest BCUT2D eigenvalue weighted by Gasteiger charge is -2.21. The second kappa shape index (κ2) is 8.94. The molecule has 0 radical (unpaired) electrons. The topological polar surface area (TPSA) is 29.1 Å². The zero-order valence-corrected chi connectivity index (χ0v) is 17.1. The van der Waals surface area contributed by atoms with Crippen molar-refractivity contribution in [2.45, 2.75) is 48.7 Å². The number of carbonyl (C=O) groups excluding carboxylic acids is 1. The van der Waals surface area contributed by atoms with Crippen LogP contribution in [-0.4, -0.2) is 17.7 Å². The minimum atomic E-state index is 0.0266. The standard InChI is InChI=1S/C23H25NOS2/c25-23(22-10-5-15-26-22)24-14-13-18-7-4-6-17-11-12-20(16-21(17)18)27-19-8-2-1-3-9-19/h4-7,10-12,15-16,19H,1-3,8-9,13-14H2,(H,24,25). The molecule has 1 fully saturated rings. The molecule has 2 aromatic carbocycles. The molecule has 3 aromatic rings. The third-order valence-electron chi connectivity index (χ3n) is 5.22. The molecule has 1 heterocycles. The van der Waals surface area contributed by atoms with E-state index in [0.29, 0.717) is 6.54 Å². The number of nitrogens with one attached hydrogen (secondary N) is 1. The van der Waals surface area contributed by atoms with Gasteiger partial charge in [-0.25, -0.2) is 0 Å². The van der Waals surface area contributed by atoms with E-state index in [1.807, 2.05) is 29.3 Å². The smallest absolute Gasteiger partial charge is 0.261 e. The number of amides is 1. The van der Waals surface area contributed by atoms with Crippen LogP contribution in [0.1, 0.15) is 47.3 Å². The molecule has 1 aliphatic rings. The lowest BCUT2D eigenvalue weighted by molar-refractivity contribution is 0.0958. The Balaban J connectivity index is 1.45. The highest BCUT2D eigenvalue weighted by molar-refractivity contribution is 8.00. The second-order valence-electron chi connectivity index (χ2n) is 7.16. The molecule has 2 nitrogen and oxygen atoms in total. The van der Waals surface area contributed by atoms with E-state index in [1.165, 1.54) is 64.7 Å². The average Bonchev–Trinajstić information content (AvgIpc) is 3.24. The van der Waals surface area contributed by atoms with Crippen LogP contribution >= 0.6 is 23.1 Å². The summed E-state index contributed by atoms with van der Waals surface area (Å²) in [6, 6.07) is 17.1. The molecule has 0 bridgehead atoms. The first kappa shape index (κ1) is 18.6. The Bertz CT molecular complexity index is 898. The Hall–Kier alpha value is -1.78. The summed E-state index contributed by atoms with van der Waals surface area (Å²) in [4.78, 5) is 14.3. The summed E-state index contributed by atoms with van der Waals surface area (Å²) in [5, 5.41) is 8.36. The number of thioether (sulfide) groups is 1. The van der Waals surface area contributed by atoms with Crippen molar-refractivity contribution >= 4 is 39.8 Å². The van der Waals surface area contributed by atoms with Crippen molar-refractivity contribution in [3.05, 3.63) is 64.4 Å². The van der Waals surface area contributed by atoms with E-state index in [9.17, 15) is 4.79 Å². The fourth-order valence-corrected chi connectivity index (χ4v) is 5.72. The van der Waals surface area contributed by atoms with Crippen molar-refractivity contribution in [3.8, 4) is 0 Å². The number of fused-ring (bicyclic) bond motifs is 1. The molecular formula is C23H25NOS2. The van der Waals surface area contributed by atoms with Crippen LogP contribution < -0.4 is 5.32 Å². The number of thiophene rings is 1. The van der Waals surface area contributed by atoms with Crippen LogP contribution in [0.4, 0.5) is 0 Å². The van der Waals surface area contributed by atoms with Gasteiger partial charge in [0.15, 0.2) is 0 Å². The molecule has 0 aliphatic heterocycles. The number of carbonyl (C=O) groups is 1. The van der Waals surface area contributed by atoms with E-state index < -0.39 is 0 Å². The molecule has 140 valence electrons. The van der Waals surface area contributed by atoms with Crippen LogP contribution in [0.5, 0.6) is 0 Å². The van der Waals surface area contributed by atoms with Crippen LogP contribution in [0.15, 0.2) is 58.8 Å². The van der Waals surface area contributed by atoms with Crippen LogP contribution in [-0.2, 0) is 6.42 Å². The van der Waals surface area contributed by atoms with Crippen molar-refractivity contribution in [2.24, 2.45) is 0 Å². The normalized spacial score (nSPS) is 15.1. The van der Waals surface area contributed by atoms with Gasteiger partial charge in [-0.1, -0.05) is 49.6 Å². The summed E-state index contributed by atoms with van der Waals surface area (Å²) >= 11 is 3.53. The summed E-state index contributed by atoms with van der Waals surface area (Å²) in [6.45, 7) is 0.663. The Labute approximate surface area is 169 Å². The maximum absolute atomic E-state index is 12.1. The molecule has 1 N–H and O–H groups in total. The van der Waals surface area contributed by atoms with E-state index >= 15 is 0 Å². The van der Waals surface area contributed by atoms with Crippen molar-refractivity contribution in [3.63, 3.8) is 0 Å². The Morgan fingerprint density at radius 2 is 1.96 bits per heavy atom. The van der Waals surface area contributed by atoms with E-state index in [-0.39, 0.29) is 5.91 Å². The first-order valence-electron chi connectivity index (χ1n) is 9.79. The van der Waals surface area contributed by atoms with E-state index in [1.54, 1.807) is 0 Å². The summed E-state index contributed by atoms with van der Waals surface area (Å²) in [7, 11) is 0.